The Hall–Kier alpha value is -1.96. The van der Waals surface area contributed by atoms with Gasteiger partial charge in [0.15, 0.2) is 5.69 Å². The number of rotatable bonds is 6. The first kappa shape index (κ1) is 13.1. The molecule has 0 aliphatic heterocycles. The minimum absolute atomic E-state index is 0.128. The van der Waals surface area contributed by atoms with Crippen LogP contribution in [0.15, 0.2) is 6.20 Å². The molecule has 0 aliphatic carbocycles. The van der Waals surface area contributed by atoms with Crippen molar-refractivity contribution in [2.75, 3.05) is 20.1 Å². The van der Waals surface area contributed by atoms with Crippen LogP contribution in [0.1, 0.15) is 16.9 Å². The Balaban J connectivity index is 2.38. The monoisotopic (exact) mass is 240 g/mol. The molecule has 0 saturated carbocycles. The van der Waals surface area contributed by atoms with E-state index in [0.29, 0.717) is 13.1 Å². The summed E-state index contributed by atoms with van der Waals surface area (Å²) in [5.41, 5.74) is 5.56. The van der Waals surface area contributed by atoms with Crippen LogP contribution in [0.2, 0.25) is 0 Å². The van der Waals surface area contributed by atoms with Crippen LogP contribution in [0.25, 0.3) is 0 Å². The van der Waals surface area contributed by atoms with Gasteiger partial charge in [0.2, 0.25) is 5.91 Å². The zero-order chi connectivity index (χ0) is 12.7. The second-order valence-corrected chi connectivity index (χ2v) is 3.33. The van der Waals surface area contributed by atoms with Gasteiger partial charge in [-0.25, -0.2) is 0 Å². The van der Waals surface area contributed by atoms with Crippen LogP contribution < -0.4 is 16.4 Å². The predicted octanol–water partition coefficient (Wildman–Crippen LogP) is -1.90. The summed E-state index contributed by atoms with van der Waals surface area (Å²) in [5, 5.41) is 12.5. The third kappa shape index (κ3) is 4.19. The quantitative estimate of drug-likeness (QED) is 0.537. The highest BCUT2D eigenvalue weighted by molar-refractivity contribution is 5.92. The normalized spacial score (nSPS) is 10.0. The van der Waals surface area contributed by atoms with Crippen LogP contribution in [0.5, 0.6) is 0 Å². The number of hydrogen-bond donors (Lipinski definition) is 3. The third-order valence-corrected chi connectivity index (χ3v) is 2.05. The summed E-state index contributed by atoms with van der Waals surface area (Å²) in [6.07, 6.45) is 1.75. The maximum absolute atomic E-state index is 11.5. The van der Waals surface area contributed by atoms with Gasteiger partial charge in [-0.15, -0.1) is 5.10 Å². The molecule has 94 valence electrons. The molecule has 0 atom stereocenters. The lowest BCUT2D eigenvalue weighted by atomic mass is 10.3. The van der Waals surface area contributed by atoms with Gasteiger partial charge in [-0.2, -0.15) is 0 Å². The molecule has 1 aromatic rings. The molecule has 0 saturated heterocycles. The van der Waals surface area contributed by atoms with Crippen molar-refractivity contribution in [3.05, 3.63) is 11.9 Å². The predicted molar refractivity (Wildman–Crippen MR) is 60.1 cm³/mol. The molecular weight excluding hydrogens is 224 g/mol. The standard InChI is InChI=1S/C9H16N6O2/c1-11-8(16)2-4-12-9(17)7-6-15(5-3-10)14-13-7/h6H,2-5,10H2,1H3,(H,11,16)(H,12,17). The average molecular weight is 240 g/mol. The van der Waals surface area contributed by atoms with Crippen molar-refractivity contribution < 1.29 is 9.59 Å². The number of carbonyl (C=O) groups excluding carboxylic acids is 2. The fourth-order valence-corrected chi connectivity index (χ4v) is 1.15. The molecule has 1 aromatic heterocycles. The number of amides is 2. The van der Waals surface area contributed by atoms with Crippen molar-refractivity contribution >= 4 is 11.8 Å². The number of carbonyl (C=O) groups is 2. The first-order valence-electron chi connectivity index (χ1n) is 5.26. The lowest BCUT2D eigenvalue weighted by molar-refractivity contribution is -0.120. The van der Waals surface area contributed by atoms with Gasteiger partial charge in [0, 0.05) is 26.6 Å². The summed E-state index contributed by atoms with van der Waals surface area (Å²) in [6.45, 7) is 1.21. The van der Waals surface area contributed by atoms with Gasteiger partial charge < -0.3 is 16.4 Å². The van der Waals surface area contributed by atoms with E-state index in [-0.39, 0.29) is 30.5 Å². The topological polar surface area (TPSA) is 115 Å². The highest BCUT2D eigenvalue weighted by Gasteiger charge is 2.10. The fourth-order valence-electron chi connectivity index (χ4n) is 1.15. The Morgan fingerprint density at radius 2 is 2.29 bits per heavy atom. The Kier molecular flexibility index (Phi) is 5.08. The van der Waals surface area contributed by atoms with E-state index in [1.165, 1.54) is 10.9 Å². The summed E-state index contributed by atoms with van der Waals surface area (Å²) in [7, 11) is 1.54. The lowest BCUT2D eigenvalue weighted by Crippen LogP contribution is -2.29. The first-order chi connectivity index (χ1) is 8.17. The molecule has 0 aromatic carbocycles. The molecule has 1 heterocycles. The van der Waals surface area contributed by atoms with Crippen LogP contribution in [-0.2, 0) is 11.3 Å². The summed E-state index contributed by atoms with van der Waals surface area (Å²) in [5.74, 6) is -0.478. The van der Waals surface area contributed by atoms with Crippen molar-refractivity contribution in [3.63, 3.8) is 0 Å². The number of hydrogen-bond acceptors (Lipinski definition) is 5. The van der Waals surface area contributed by atoms with Crippen LogP contribution in [0, 0.1) is 0 Å². The van der Waals surface area contributed by atoms with Crippen molar-refractivity contribution in [1.29, 1.82) is 0 Å². The molecule has 4 N–H and O–H groups in total. The van der Waals surface area contributed by atoms with E-state index in [1.54, 1.807) is 7.05 Å². The molecule has 0 aliphatic rings. The van der Waals surface area contributed by atoms with Gasteiger partial charge in [0.05, 0.1) is 12.7 Å². The van der Waals surface area contributed by atoms with Gasteiger partial charge in [0.25, 0.3) is 5.91 Å². The second kappa shape index (κ2) is 6.59. The van der Waals surface area contributed by atoms with E-state index in [2.05, 4.69) is 20.9 Å². The lowest BCUT2D eigenvalue weighted by Gasteiger charge is -2.01. The number of aromatic nitrogens is 3. The Labute approximate surface area is 98.5 Å². The van der Waals surface area contributed by atoms with Crippen LogP contribution in [-0.4, -0.2) is 46.9 Å². The largest absolute Gasteiger partial charge is 0.359 e. The molecule has 0 bridgehead atoms. The molecule has 1 rings (SSSR count). The van der Waals surface area contributed by atoms with E-state index >= 15 is 0 Å². The summed E-state index contributed by atoms with van der Waals surface area (Å²) >= 11 is 0. The average Bonchev–Trinajstić information content (AvgIpc) is 2.78. The van der Waals surface area contributed by atoms with Crippen LogP contribution in [0.4, 0.5) is 0 Å². The second-order valence-electron chi connectivity index (χ2n) is 3.33. The van der Waals surface area contributed by atoms with Gasteiger partial charge in [0.1, 0.15) is 0 Å². The van der Waals surface area contributed by atoms with Crippen molar-refractivity contribution in [3.8, 4) is 0 Å². The molecule has 0 spiro atoms. The van der Waals surface area contributed by atoms with E-state index in [9.17, 15) is 9.59 Å². The fraction of sp³-hybridized carbons (Fsp3) is 0.556. The Morgan fingerprint density at radius 1 is 1.53 bits per heavy atom. The van der Waals surface area contributed by atoms with Gasteiger partial charge in [-0.05, 0) is 0 Å². The Bertz CT molecular complexity index is 389. The summed E-state index contributed by atoms with van der Waals surface area (Å²) in [6, 6.07) is 0. The molecule has 0 unspecified atom stereocenters. The maximum atomic E-state index is 11.5. The number of nitrogens with zero attached hydrogens (tertiary/aromatic N) is 3. The molecule has 2 amide bonds. The van der Waals surface area contributed by atoms with Crippen molar-refractivity contribution in [2.45, 2.75) is 13.0 Å². The van der Waals surface area contributed by atoms with E-state index < -0.39 is 0 Å². The van der Waals surface area contributed by atoms with Crippen LogP contribution >= 0.6 is 0 Å². The molecule has 8 heteroatoms. The van der Waals surface area contributed by atoms with Gasteiger partial charge in [-0.1, -0.05) is 5.21 Å². The summed E-state index contributed by atoms with van der Waals surface area (Å²) < 4.78 is 1.49. The molecular formula is C9H16N6O2. The summed E-state index contributed by atoms with van der Waals surface area (Å²) in [4.78, 5) is 22.5. The van der Waals surface area contributed by atoms with Gasteiger partial charge in [-0.3, -0.25) is 14.3 Å². The maximum Gasteiger partial charge on any atom is 0.273 e. The van der Waals surface area contributed by atoms with E-state index in [0.717, 1.165) is 0 Å². The zero-order valence-corrected chi connectivity index (χ0v) is 9.64. The highest BCUT2D eigenvalue weighted by Crippen LogP contribution is 1.92. The minimum atomic E-state index is -0.350. The SMILES string of the molecule is CNC(=O)CCNC(=O)c1cn(CCN)nn1. The van der Waals surface area contributed by atoms with Crippen LogP contribution in [0.3, 0.4) is 0 Å². The zero-order valence-electron chi connectivity index (χ0n) is 9.64. The third-order valence-electron chi connectivity index (χ3n) is 2.05. The van der Waals surface area contributed by atoms with E-state index in [1.807, 2.05) is 0 Å². The molecule has 0 fully saturated rings. The van der Waals surface area contributed by atoms with Gasteiger partial charge >= 0.3 is 0 Å². The molecule has 0 radical (unpaired) electrons. The molecule has 8 nitrogen and oxygen atoms in total. The Morgan fingerprint density at radius 3 is 2.94 bits per heavy atom. The number of nitrogens with one attached hydrogen (secondary N) is 2. The molecule has 17 heavy (non-hydrogen) atoms. The number of nitrogens with two attached hydrogens (primary N) is 1. The highest BCUT2D eigenvalue weighted by atomic mass is 16.2. The smallest absolute Gasteiger partial charge is 0.273 e. The van der Waals surface area contributed by atoms with E-state index in [4.69, 9.17) is 5.73 Å². The first-order valence-corrected chi connectivity index (χ1v) is 5.26. The van der Waals surface area contributed by atoms with Crippen molar-refractivity contribution in [2.24, 2.45) is 5.73 Å². The van der Waals surface area contributed by atoms with Crippen molar-refractivity contribution in [1.82, 2.24) is 25.6 Å². The minimum Gasteiger partial charge on any atom is -0.359 e.